The summed E-state index contributed by atoms with van der Waals surface area (Å²) in [5.41, 5.74) is 7.50. The van der Waals surface area contributed by atoms with Crippen LogP contribution in [0.3, 0.4) is 0 Å². The zero-order chi connectivity index (χ0) is 23.6. The van der Waals surface area contributed by atoms with Crippen LogP contribution in [-0.4, -0.2) is 30.7 Å². The lowest BCUT2D eigenvalue weighted by atomic mass is 9.82. The minimum Gasteiger partial charge on any atom is -0.444 e. The number of hydrogen-bond acceptors (Lipinski definition) is 4. The molecule has 0 spiro atoms. The Balaban J connectivity index is 1.78. The van der Waals surface area contributed by atoms with Crippen molar-refractivity contribution in [3.05, 3.63) is 66.4 Å². The lowest BCUT2D eigenvalue weighted by Crippen LogP contribution is -2.37. The molecule has 0 aromatic heterocycles. The molecule has 0 bridgehead atoms. The van der Waals surface area contributed by atoms with Gasteiger partial charge in [-0.1, -0.05) is 43.0 Å². The summed E-state index contributed by atoms with van der Waals surface area (Å²) in [5.74, 6) is 0.728. The molecule has 1 saturated carbocycles. The van der Waals surface area contributed by atoms with E-state index in [1.165, 1.54) is 6.20 Å². The summed E-state index contributed by atoms with van der Waals surface area (Å²) in [6, 6.07) is 9.69. The number of alkyl carbamates (subject to hydrolysis) is 1. The molecule has 174 valence electrons. The smallest absolute Gasteiger partial charge is 0.407 e. The zero-order valence-electron chi connectivity index (χ0n) is 19.5. The third-order valence-corrected chi connectivity index (χ3v) is 5.53. The van der Waals surface area contributed by atoms with Gasteiger partial charge >= 0.3 is 6.09 Å². The largest absolute Gasteiger partial charge is 0.444 e. The summed E-state index contributed by atoms with van der Waals surface area (Å²) in [5, 5.41) is 5.91. The molecule has 6 nitrogen and oxygen atoms in total. The molecule has 2 amide bonds. The fraction of sp³-hybridized carbons (Fsp3) is 0.462. The Hall–Kier alpha value is -3.02. The van der Waals surface area contributed by atoms with E-state index in [1.54, 1.807) is 12.2 Å². The molecule has 0 unspecified atom stereocenters. The second-order valence-electron chi connectivity index (χ2n) is 9.27. The van der Waals surface area contributed by atoms with Gasteiger partial charge in [0.15, 0.2) is 0 Å². The summed E-state index contributed by atoms with van der Waals surface area (Å²) in [4.78, 5) is 24.5. The van der Waals surface area contributed by atoms with Crippen molar-refractivity contribution in [2.75, 3.05) is 13.1 Å². The summed E-state index contributed by atoms with van der Waals surface area (Å²) in [6.45, 7) is 10.6. The number of hydrogen-bond donors (Lipinski definition) is 3. The predicted octanol–water partition coefficient (Wildman–Crippen LogP) is 4.55. The molecule has 32 heavy (non-hydrogen) atoms. The number of nitrogens with one attached hydrogen (secondary N) is 2. The van der Waals surface area contributed by atoms with Gasteiger partial charge in [-0.2, -0.15) is 0 Å². The van der Waals surface area contributed by atoms with Crippen LogP contribution < -0.4 is 16.4 Å². The number of ether oxygens (including phenoxy) is 1. The van der Waals surface area contributed by atoms with Gasteiger partial charge in [-0.15, -0.1) is 0 Å². The Bertz CT molecular complexity index is 830. The van der Waals surface area contributed by atoms with Crippen molar-refractivity contribution in [3.63, 3.8) is 0 Å². The summed E-state index contributed by atoms with van der Waals surface area (Å²) < 4.78 is 5.29. The first-order valence-electron chi connectivity index (χ1n) is 11.3. The van der Waals surface area contributed by atoms with Crippen LogP contribution in [-0.2, 0) is 9.53 Å². The molecule has 0 atom stereocenters. The Morgan fingerprint density at radius 2 is 1.62 bits per heavy atom. The monoisotopic (exact) mass is 439 g/mol. The highest BCUT2D eigenvalue weighted by atomic mass is 16.6. The van der Waals surface area contributed by atoms with Crippen LogP contribution in [0.1, 0.15) is 52.0 Å². The van der Waals surface area contributed by atoms with Crippen molar-refractivity contribution < 1.29 is 14.3 Å². The summed E-state index contributed by atoms with van der Waals surface area (Å²) in [7, 11) is 0. The van der Waals surface area contributed by atoms with Crippen molar-refractivity contribution in [2.24, 2.45) is 17.6 Å². The molecule has 2 rings (SSSR count). The number of nitrogens with two attached hydrogens (primary N) is 1. The molecule has 0 heterocycles. The highest BCUT2D eigenvalue weighted by molar-refractivity contribution is 5.99. The molecule has 1 fully saturated rings. The minimum atomic E-state index is -0.486. The average Bonchev–Trinajstić information content (AvgIpc) is 2.77. The van der Waals surface area contributed by atoms with Gasteiger partial charge in [-0.25, -0.2) is 4.79 Å². The summed E-state index contributed by atoms with van der Waals surface area (Å²) in [6.07, 6.45) is 8.54. The van der Waals surface area contributed by atoms with Crippen LogP contribution in [0.25, 0.3) is 5.57 Å². The minimum absolute atomic E-state index is 0.149. The number of benzene rings is 1. The Morgan fingerprint density at radius 3 is 2.12 bits per heavy atom. The van der Waals surface area contributed by atoms with E-state index in [2.05, 4.69) is 17.2 Å². The van der Waals surface area contributed by atoms with Crippen LogP contribution in [0.2, 0.25) is 0 Å². The van der Waals surface area contributed by atoms with E-state index in [0.717, 1.165) is 36.8 Å². The van der Waals surface area contributed by atoms with E-state index in [1.807, 2.05) is 51.1 Å². The molecule has 1 aromatic carbocycles. The highest BCUT2D eigenvalue weighted by Gasteiger charge is 2.23. The van der Waals surface area contributed by atoms with E-state index >= 15 is 0 Å². The van der Waals surface area contributed by atoms with E-state index in [4.69, 9.17) is 10.5 Å². The second-order valence-corrected chi connectivity index (χ2v) is 9.27. The standard InChI is InChI=1S/C26H37N3O3/c1-5-21(15-23(16-27)22-9-7-6-8-10-22)24(30)28-17-19-11-13-20(14-12-19)18-29-25(31)32-26(2,3)4/h5-10,15-16,19-20H,1,11-14,17-18,27H2,2-4H3,(H,28,30)(H,29,31)/b21-15+,23-16+/t19-,20-. The topological polar surface area (TPSA) is 93.5 Å². The van der Waals surface area contributed by atoms with Gasteiger partial charge < -0.3 is 21.1 Å². The van der Waals surface area contributed by atoms with Gasteiger partial charge in [-0.05, 0) is 75.5 Å². The molecule has 6 heteroatoms. The van der Waals surface area contributed by atoms with Gasteiger partial charge in [0.25, 0.3) is 5.91 Å². The van der Waals surface area contributed by atoms with Gasteiger partial charge in [-0.3, -0.25) is 4.79 Å². The summed E-state index contributed by atoms with van der Waals surface area (Å²) >= 11 is 0. The molecular formula is C26H37N3O3. The van der Waals surface area contributed by atoms with Gasteiger partial charge in [0.05, 0.1) is 0 Å². The second kappa shape index (κ2) is 12.1. The number of rotatable bonds is 8. The maximum atomic E-state index is 12.7. The molecule has 0 aliphatic heterocycles. The number of carbonyl (C=O) groups is 2. The van der Waals surface area contributed by atoms with Crippen molar-refractivity contribution >= 4 is 17.6 Å². The molecule has 1 aromatic rings. The Labute approximate surface area is 192 Å². The molecule has 0 saturated heterocycles. The molecule has 1 aliphatic carbocycles. The van der Waals surface area contributed by atoms with Crippen molar-refractivity contribution in [1.29, 1.82) is 0 Å². The average molecular weight is 440 g/mol. The molecule has 0 radical (unpaired) electrons. The quantitative estimate of drug-likeness (QED) is 0.409. The Morgan fingerprint density at radius 1 is 1.06 bits per heavy atom. The van der Waals surface area contributed by atoms with Gasteiger partial charge in [0.1, 0.15) is 5.60 Å². The molecule has 1 aliphatic rings. The maximum Gasteiger partial charge on any atom is 0.407 e. The van der Waals surface area contributed by atoms with E-state index in [9.17, 15) is 9.59 Å². The van der Waals surface area contributed by atoms with Crippen LogP contribution in [0, 0.1) is 11.8 Å². The van der Waals surface area contributed by atoms with E-state index in [-0.39, 0.29) is 12.0 Å². The lowest BCUT2D eigenvalue weighted by molar-refractivity contribution is -0.117. The number of carbonyl (C=O) groups excluding carboxylic acids is 2. The van der Waals surface area contributed by atoms with Crippen LogP contribution in [0.5, 0.6) is 0 Å². The van der Waals surface area contributed by atoms with E-state index in [0.29, 0.717) is 30.5 Å². The normalized spacial score (nSPS) is 19.7. The fourth-order valence-electron chi connectivity index (χ4n) is 3.76. The molecule has 4 N–H and O–H groups in total. The van der Waals surface area contributed by atoms with E-state index < -0.39 is 5.60 Å². The van der Waals surface area contributed by atoms with Crippen molar-refractivity contribution in [2.45, 2.75) is 52.1 Å². The number of amides is 2. The predicted molar refractivity (Wildman–Crippen MR) is 130 cm³/mol. The van der Waals surface area contributed by atoms with Crippen molar-refractivity contribution in [3.8, 4) is 0 Å². The first kappa shape index (κ1) is 25.2. The SMILES string of the molecule is C=C/C(=C\C(=C/N)c1ccccc1)C(=O)NC[C@H]1CC[C@H](CNC(=O)OC(C)(C)C)CC1. The zero-order valence-corrected chi connectivity index (χ0v) is 19.5. The van der Waals surface area contributed by atoms with Crippen LogP contribution in [0.15, 0.2) is 60.8 Å². The Kier molecular flexibility index (Phi) is 9.57. The third-order valence-electron chi connectivity index (χ3n) is 5.53. The fourth-order valence-corrected chi connectivity index (χ4v) is 3.76. The molecular weight excluding hydrogens is 402 g/mol. The van der Waals surface area contributed by atoms with Gasteiger partial charge in [0, 0.05) is 24.9 Å². The number of allylic oxidation sites excluding steroid dienone is 2. The third kappa shape index (κ3) is 8.61. The van der Waals surface area contributed by atoms with Crippen molar-refractivity contribution in [1.82, 2.24) is 10.6 Å². The maximum absolute atomic E-state index is 12.7. The lowest BCUT2D eigenvalue weighted by Gasteiger charge is -2.29. The highest BCUT2D eigenvalue weighted by Crippen LogP contribution is 2.28. The van der Waals surface area contributed by atoms with Crippen LogP contribution >= 0.6 is 0 Å². The first-order chi connectivity index (χ1) is 15.2. The first-order valence-corrected chi connectivity index (χ1v) is 11.3. The van der Waals surface area contributed by atoms with Gasteiger partial charge in [0.2, 0.25) is 0 Å². The van der Waals surface area contributed by atoms with Crippen LogP contribution in [0.4, 0.5) is 4.79 Å².